The van der Waals surface area contributed by atoms with Crippen molar-refractivity contribution in [3.63, 3.8) is 0 Å². The van der Waals surface area contributed by atoms with Gasteiger partial charge in [0.25, 0.3) is 0 Å². The molecule has 44 valence electrons. The Balaban J connectivity index is 2.25. The first kappa shape index (κ1) is 4.80. The molecule has 0 heteroatoms. The third-order valence-corrected chi connectivity index (χ3v) is 1.59. The standard InChI is InChI=1S/C9H8/c1-2-4-6-9-7-8(9)5-3-1/h1-8H. The molecule has 2 rings (SSSR count). The second-order valence-corrected chi connectivity index (χ2v) is 2.32. The largest absolute Gasteiger partial charge is 0.0732 e. The van der Waals surface area contributed by atoms with Gasteiger partial charge in [0.15, 0.2) is 0 Å². The van der Waals surface area contributed by atoms with Gasteiger partial charge in [-0.2, -0.15) is 0 Å². The lowest BCUT2D eigenvalue weighted by atomic mass is 10.2. The molecule has 0 N–H and O–H groups in total. The van der Waals surface area contributed by atoms with Gasteiger partial charge in [-0.15, -0.1) is 0 Å². The van der Waals surface area contributed by atoms with E-state index in [1.54, 1.807) is 0 Å². The highest BCUT2D eigenvalue weighted by Gasteiger charge is 2.17. The van der Waals surface area contributed by atoms with Gasteiger partial charge in [0.2, 0.25) is 0 Å². The van der Waals surface area contributed by atoms with Crippen LogP contribution in [0.15, 0.2) is 48.1 Å². The van der Waals surface area contributed by atoms with E-state index in [1.165, 1.54) is 5.57 Å². The molecule has 2 aliphatic carbocycles. The quantitative estimate of drug-likeness (QED) is 0.455. The lowest BCUT2D eigenvalue weighted by Crippen LogP contribution is -1.71. The monoisotopic (exact) mass is 116 g/mol. The SMILES string of the molecule is C1=CC=CC2C=C2C=C1. The van der Waals surface area contributed by atoms with Crippen molar-refractivity contribution in [2.75, 3.05) is 0 Å². The summed E-state index contributed by atoms with van der Waals surface area (Å²) in [7, 11) is 0. The minimum atomic E-state index is 0.659. The Bertz CT molecular complexity index is 226. The summed E-state index contributed by atoms with van der Waals surface area (Å²) >= 11 is 0. The van der Waals surface area contributed by atoms with E-state index >= 15 is 0 Å². The highest BCUT2D eigenvalue weighted by atomic mass is 14.2. The van der Waals surface area contributed by atoms with Crippen LogP contribution in [0, 0.1) is 5.92 Å². The molecule has 0 spiro atoms. The van der Waals surface area contributed by atoms with Crippen LogP contribution in [0.3, 0.4) is 0 Å². The normalized spacial score (nSPS) is 28.4. The van der Waals surface area contributed by atoms with Crippen molar-refractivity contribution in [3.8, 4) is 0 Å². The smallest absolute Gasteiger partial charge is 0.0204 e. The molecule has 0 nitrogen and oxygen atoms in total. The highest BCUT2D eigenvalue weighted by molar-refractivity contribution is 5.46. The van der Waals surface area contributed by atoms with E-state index in [0.717, 1.165) is 0 Å². The van der Waals surface area contributed by atoms with Crippen molar-refractivity contribution < 1.29 is 0 Å². The second-order valence-electron chi connectivity index (χ2n) is 2.32. The minimum absolute atomic E-state index is 0.659. The predicted octanol–water partition coefficient (Wildman–Crippen LogP) is 2.22. The summed E-state index contributed by atoms with van der Waals surface area (Å²) in [4.78, 5) is 0. The van der Waals surface area contributed by atoms with Crippen LogP contribution in [-0.4, -0.2) is 0 Å². The summed E-state index contributed by atoms with van der Waals surface area (Å²) in [5.74, 6) is 0.659. The first-order chi connectivity index (χ1) is 4.47. The molecule has 0 bridgehead atoms. The predicted molar refractivity (Wildman–Crippen MR) is 39.0 cm³/mol. The Morgan fingerprint density at radius 2 is 1.89 bits per heavy atom. The lowest BCUT2D eigenvalue weighted by Gasteiger charge is -1.86. The van der Waals surface area contributed by atoms with Gasteiger partial charge in [0.1, 0.15) is 0 Å². The van der Waals surface area contributed by atoms with Gasteiger partial charge in [-0.25, -0.2) is 0 Å². The van der Waals surface area contributed by atoms with E-state index in [2.05, 4.69) is 36.5 Å². The Hall–Kier alpha value is -1.04. The summed E-state index contributed by atoms with van der Waals surface area (Å²) in [5, 5.41) is 0. The van der Waals surface area contributed by atoms with Gasteiger partial charge in [0, 0.05) is 5.92 Å². The third-order valence-electron chi connectivity index (χ3n) is 1.59. The molecular weight excluding hydrogens is 108 g/mol. The third kappa shape index (κ3) is 0.879. The molecule has 0 fully saturated rings. The molecule has 0 aromatic rings. The number of allylic oxidation sites excluding steroid dienone is 8. The van der Waals surface area contributed by atoms with Crippen LogP contribution in [0.1, 0.15) is 0 Å². The highest BCUT2D eigenvalue weighted by Crippen LogP contribution is 2.31. The number of rotatable bonds is 0. The number of fused-ring (bicyclic) bond motifs is 1. The van der Waals surface area contributed by atoms with Crippen LogP contribution in [0.25, 0.3) is 0 Å². The summed E-state index contributed by atoms with van der Waals surface area (Å²) < 4.78 is 0. The molecule has 0 amide bonds. The number of hydrogen-bond donors (Lipinski definition) is 0. The van der Waals surface area contributed by atoms with E-state index in [0.29, 0.717) is 5.92 Å². The first-order valence-electron chi connectivity index (χ1n) is 3.20. The molecule has 1 atom stereocenters. The van der Waals surface area contributed by atoms with Crippen molar-refractivity contribution in [1.29, 1.82) is 0 Å². The van der Waals surface area contributed by atoms with Crippen molar-refractivity contribution in [3.05, 3.63) is 48.1 Å². The zero-order valence-corrected chi connectivity index (χ0v) is 5.12. The Labute approximate surface area is 54.9 Å². The van der Waals surface area contributed by atoms with Crippen molar-refractivity contribution in [1.82, 2.24) is 0 Å². The molecule has 1 unspecified atom stereocenters. The maximum Gasteiger partial charge on any atom is 0.0204 e. The summed E-state index contributed by atoms with van der Waals surface area (Å²) in [5.41, 5.74) is 1.45. The van der Waals surface area contributed by atoms with Gasteiger partial charge in [-0.05, 0) is 5.57 Å². The molecule has 9 heavy (non-hydrogen) atoms. The van der Waals surface area contributed by atoms with Crippen LogP contribution in [0.2, 0.25) is 0 Å². The molecule has 0 aromatic carbocycles. The molecule has 0 saturated heterocycles. The van der Waals surface area contributed by atoms with Crippen LogP contribution in [-0.2, 0) is 0 Å². The fraction of sp³-hybridized carbons (Fsp3) is 0.111. The summed E-state index contributed by atoms with van der Waals surface area (Å²) in [6.07, 6.45) is 14.9. The van der Waals surface area contributed by atoms with Gasteiger partial charge in [-0.3, -0.25) is 0 Å². The zero-order chi connectivity index (χ0) is 6.10. The fourth-order valence-electron chi connectivity index (χ4n) is 0.971. The van der Waals surface area contributed by atoms with Crippen molar-refractivity contribution in [2.24, 2.45) is 5.92 Å². The van der Waals surface area contributed by atoms with Crippen molar-refractivity contribution >= 4 is 0 Å². The fourth-order valence-corrected chi connectivity index (χ4v) is 0.971. The lowest BCUT2D eigenvalue weighted by molar-refractivity contribution is 1.20. The van der Waals surface area contributed by atoms with Crippen molar-refractivity contribution in [2.45, 2.75) is 0 Å². The topological polar surface area (TPSA) is 0 Å². The van der Waals surface area contributed by atoms with Gasteiger partial charge in [-0.1, -0.05) is 42.5 Å². The van der Waals surface area contributed by atoms with E-state index in [-0.39, 0.29) is 0 Å². The van der Waals surface area contributed by atoms with E-state index in [1.807, 2.05) is 6.08 Å². The zero-order valence-electron chi connectivity index (χ0n) is 5.12. The van der Waals surface area contributed by atoms with Gasteiger partial charge in [0.05, 0.1) is 0 Å². The Kier molecular flexibility index (Phi) is 0.922. The Morgan fingerprint density at radius 1 is 1.00 bits per heavy atom. The molecule has 0 saturated carbocycles. The molecule has 0 aliphatic heterocycles. The maximum absolute atomic E-state index is 2.25. The van der Waals surface area contributed by atoms with E-state index in [9.17, 15) is 0 Å². The van der Waals surface area contributed by atoms with Crippen LogP contribution >= 0.6 is 0 Å². The van der Waals surface area contributed by atoms with Gasteiger partial charge < -0.3 is 0 Å². The molecule has 0 radical (unpaired) electrons. The maximum atomic E-state index is 2.25. The average Bonchev–Trinajstić information content (AvgIpc) is 2.46. The average molecular weight is 116 g/mol. The van der Waals surface area contributed by atoms with Crippen LogP contribution in [0.4, 0.5) is 0 Å². The second kappa shape index (κ2) is 1.73. The van der Waals surface area contributed by atoms with Crippen LogP contribution in [0.5, 0.6) is 0 Å². The molecule has 0 aromatic heterocycles. The molecule has 2 aliphatic rings. The van der Waals surface area contributed by atoms with Crippen LogP contribution < -0.4 is 0 Å². The Morgan fingerprint density at radius 3 is 2.89 bits per heavy atom. The molecule has 0 heterocycles. The summed E-state index contributed by atoms with van der Waals surface area (Å²) in [6, 6.07) is 0. The van der Waals surface area contributed by atoms with E-state index in [4.69, 9.17) is 0 Å². The first-order valence-corrected chi connectivity index (χ1v) is 3.20. The number of hydrogen-bond acceptors (Lipinski definition) is 0. The minimum Gasteiger partial charge on any atom is -0.0732 e. The van der Waals surface area contributed by atoms with E-state index < -0.39 is 0 Å². The molecular formula is C9H8. The summed E-state index contributed by atoms with van der Waals surface area (Å²) in [6.45, 7) is 0. The van der Waals surface area contributed by atoms with Gasteiger partial charge >= 0.3 is 0 Å².